The molecular formula is C22H29O8P. The highest BCUT2D eigenvalue weighted by molar-refractivity contribution is 7.46. The second-order valence-electron chi connectivity index (χ2n) is 10.5. The Kier molecular flexibility index (Phi) is 4.37. The zero-order valence-electron chi connectivity index (χ0n) is 17.9. The molecule has 0 amide bonds. The highest BCUT2D eigenvalue weighted by Crippen LogP contribution is 2.76. The maximum Gasteiger partial charge on any atom is 0.470 e. The van der Waals surface area contributed by atoms with Crippen LogP contribution in [0.5, 0.6) is 0 Å². The first-order chi connectivity index (χ1) is 14.3. The lowest BCUT2D eigenvalue weighted by Gasteiger charge is -2.55. The Morgan fingerprint density at radius 2 is 2.03 bits per heavy atom. The summed E-state index contributed by atoms with van der Waals surface area (Å²) in [5.74, 6) is -0.942. The maximum absolute atomic E-state index is 13.1. The molecule has 8 nitrogen and oxygen atoms in total. The summed E-state index contributed by atoms with van der Waals surface area (Å²) in [6.45, 7) is 5.04. The predicted octanol–water partition coefficient (Wildman–Crippen LogP) is 2.08. The summed E-state index contributed by atoms with van der Waals surface area (Å²) in [4.78, 5) is 43.1. The summed E-state index contributed by atoms with van der Waals surface area (Å²) in [6.07, 6.45) is 7.84. The van der Waals surface area contributed by atoms with Gasteiger partial charge in [0.05, 0.1) is 6.10 Å². The smallest absolute Gasteiger partial charge is 0.381 e. The Labute approximate surface area is 180 Å². The molecule has 1 aliphatic heterocycles. The van der Waals surface area contributed by atoms with Gasteiger partial charge in [0.1, 0.15) is 17.8 Å². The van der Waals surface area contributed by atoms with Gasteiger partial charge in [-0.2, -0.15) is 0 Å². The maximum atomic E-state index is 13.1. The fraction of sp³-hybridized carbons (Fsp3) is 0.727. The number of carbonyl (C=O) groups is 2. The van der Waals surface area contributed by atoms with Crippen molar-refractivity contribution in [2.24, 2.45) is 28.6 Å². The average molecular weight is 452 g/mol. The number of allylic oxidation sites excluding steroid dienone is 2. The molecule has 0 aromatic carbocycles. The molecule has 1 saturated heterocycles. The molecule has 0 aromatic heterocycles. The van der Waals surface area contributed by atoms with E-state index in [4.69, 9.17) is 14.5 Å². The molecular weight excluding hydrogens is 423 g/mol. The van der Waals surface area contributed by atoms with Crippen molar-refractivity contribution in [2.75, 3.05) is 6.61 Å². The van der Waals surface area contributed by atoms with Crippen molar-refractivity contribution in [2.45, 2.75) is 63.8 Å². The van der Waals surface area contributed by atoms with Crippen molar-refractivity contribution < 1.29 is 38.3 Å². The molecule has 5 rings (SSSR count). The van der Waals surface area contributed by atoms with Crippen LogP contribution in [0.15, 0.2) is 23.8 Å². The van der Waals surface area contributed by atoms with Gasteiger partial charge in [-0.05, 0) is 62.5 Å². The predicted molar refractivity (Wildman–Crippen MR) is 109 cm³/mol. The van der Waals surface area contributed by atoms with Gasteiger partial charge in [-0.25, -0.2) is 4.57 Å². The number of rotatable bonds is 4. The topological polar surface area (TPSA) is 134 Å². The van der Waals surface area contributed by atoms with E-state index in [0.717, 1.165) is 18.4 Å². The van der Waals surface area contributed by atoms with Crippen LogP contribution < -0.4 is 0 Å². The fourth-order valence-electron chi connectivity index (χ4n) is 7.83. The minimum absolute atomic E-state index is 0.000288. The van der Waals surface area contributed by atoms with Crippen LogP contribution in [-0.4, -0.2) is 50.4 Å². The number of phosphoric ester groups is 1. The summed E-state index contributed by atoms with van der Waals surface area (Å²) in [5.41, 5.74) is -2.26. The summed E-state index contributed by atoms with van der Waals surface area (Å²) >= 11 is 0. The molecule has 8 atom stereocenters. The van der Waals surface area contributed by atoms with E-state index in [1.165, 1.54) is 0 Å². The molecule has 5 aliphatic rings. The molecule has 3 N–H and O–H groups in total. The third-order valence-electron chi connectivity index (χ3n) is 9.30. The number of aliphatic hydroxyl groups is 1. The minimum Gasteiger partial charge on any atom is -0.381 e. The normalized spacial score (nSPS) is 50.1. The monoisotopic (exact) mass is 452 g/mol. The zero-order valence-corrected chi connectivity index (χ0v) is 18.8. The standard InChI is InChI=1S/C22H29O8P/c1-12-8-16-15-5-4-13-9-14(23)6-7-19(13,2)22(15)18(30-22)10-20(16,3)21(12,25)17(24)11-29-31(26,27)28/h6-7,9,12,15-16,18,25H,4-5,8,10-11H2,1-3H3,(H2,26,27,28)/t12-,15?,16?,18-,19-,20-,21-,22+/m0/s1. The van der Waals surface area contributed by atoms with Gasteiger partial charge in [-0.3, -0.25) is 14.1 Å². The first-order valence-electron chi connectivity index (χ1n) is 10.9. The Bertz CT molecular complexity index is 982. The van der Waals surface area contributed by atoms with Gasteiger partial charge in [0.25, 0.3) is 0 Å². The summed E-state index contributed by atoms with van der Waals surface area (Å²) < 4.78 is 22.0. The van der Waals surface area contributed by atoms with E-state index in [1.54, 1.807) is 12.2 Å². The SMILES string of the molecule is C[C@H]1CC2C3CCC4=CC(=O)C=C[C@]4(C)[C@@]34O[C@H]4C[C@]2(C)[C@@]1(O)C(=O)COP(=O)(O)O. The lowest BCUT2D eigenvalue weighted by molar-refractivity contribution is -0.165. The van der Waals surface area contributed by atoms with Crippen LogP contribution in [0.3, 0.4) is 0 Å². The van der Waals surface area contributed by atoms with E-state index < -0.39 is 36.8 Å². The lowest BCUT2D eigenvalue weighted by Crippen LogP contribution is -2.62. The highest BCUT2D eigenvalue weighted by Gasteiger charge is 2.81. The van der Waals surface area contributed by atoms with E-state index in [-0.39, 0.29) is 35.1 Å². The highest BCUT2D eigenvalue weighted by atomic mass is 31.2. The van der Waals surface area contributed by atoms with E-state index in [2.05, 4.69) is 11.4 Å². The molecule has 1 spiro atoms. The largest absolute Gasteiger partial charge is 0.470 e. The van der Waals surface area contributed by atoms with E-state index in [0.29, 0.717) is 12.8 Å². The van der Waals surface area contributed by atoms with Gasteiger partial charge in [0.2, 0.25) is 0 Å². The third-order valence-corrected chi connectivity index (χ3v) is 9.77. The number of ketones is 2. The van der Waals surface area contributed by atoms with Gasteiger partial charge in [-0.15, -0.1) is 0 Å². The minimum atomic E-state index is -4.82. The van der Waals surface area contributed by atoms with Gasteiger partial charge >= 0.3 is 7.82 Å². The fourth-order valence-corrected chi connectivity index (χ4v) is 8.12. The van der Waals surface area contributed by atoms with Crippen LogP contribution >= 0.6 is 7.82 Å². The summed E-state index contributed by atoms with van der Waals surface area (Å²) in [6, 6.07) is 0. The molecule has 1 heterocycles. The number of Topliss-reactive ketones (excluding diaryl/α,β-unsaturated/α-hetero) is 1. The molecule has 170 valence electrons. The van der Waals surface area contributed by atoms with Crippen LogP contribution in [0.25, 0.3) is 0 Å². The molecule has 3 saturated carbocycles. The quantitative estimate of drug-likeness (QED) is 0.436. The van der Waals surface area contributed by atoms with Gasteiger partial charge in [0.15, 0.2) is 11.6 Å². The van der Waals surface area contributed by atoms with Crippen molar-refractivity contribution in [3.05, 3.63) is 23.8 Å². The Morgan fingerprint density at radius 3 is 2.71 bits per heavy atom. The number of ether oxygens (including phenoxy) is 1. The van der Waals surface area contributed by atoms with E-state index in [9.17, 15) is 19.3 Å². The first kappa shape index (κ1) is 21.7. The van der Waals surface area contributed by atoms with Crippen molar-refractivity contribution in [3.63, 3.8) is 0 Å². The first-order valence-corrected chi connectivity index (χ1v) is 12.4. The van der Waals surface area contributed by atoms with Crippen molar-refractivity contribution in [1.29, 1.82) is 0 Å². The number of hydrogen-bond donors (Lipinski definition) is 3. The Morgan fingerprint density at radius 1 is 1.32 bits per heavy atom. The van der Waals surface area contributed by atoms with Crippen LogP contribution in [0.2, 0.25) is 0 Å². The summed E-state index contributed by atoms with van der Waals surface area (Å²) in [7, 11) is -4.82. The molecule has 0 radical (unpaired) electrons. The van der Waals surface area contributed by atoms with Crippen molar-refractivity contribution >= 4 is 19.4 Å². The van der Waals surface area contributed by atoms with E-state index in [1.807, 2.05) is 19.9 Å². The van der Waals surface area contributed by atoms with Gasteiger partial charge in [-0.1, -0.05) is 25.5 Å². The number of carbonyl (C=O) groups excluding carboxylic acids is 2. The lowest BCUT2D eigenvalue weighted by atomic mass is 9.46. The van der Waals surface area contributed by atoms with Crippen molar-refractivity contribution in [3.8, 4) is 0 Å². The third kappa shape index (κ3) is 2.58. The molecule has 31 heavy (non-hydrogen) atoms. The van der Waals surface area contributed by atoms with Crippen LogP contribution in [0.4, 0.5) is 0 Å². The summed E-state index contributed by atoms with van der Waals surface area (Å²) in [5, 5.41) is 11.7. The second-order valence-corrected chi connectivity index (χ2v) is 11.7. The molecule has 2 unspecified atom stereocenters. The van der Waals surface area contributed by atoms with Crippen LogP contribution in [0, 0.1) is 28.6 Å². The van der Waals surface area contributed by atoms with E-state index >= 15 is 0 Å². The number of phosphoric acid groups is 1. The Hall–Kier alpha value is -1.15. The molecule has 9 heteroatoms. The number of fused-ring (bicyclic) bond motifs is 3. The van der Waals surface area contributed by atoms with Crippen LogP contribution in [0.1, 0.15) is 46.5 Å². The number of hydrogen-bond acceptors (Lipinski definition) is 6. The molecule has 0 bridgehead atoms. The Balaban J connectivity index is 1.50. The molecule has 0 aromatic rings. The van der Waals surface area contributed by atoms with Gasteiger partial charge < -0.3 is 19.6 Å². The van der Waals surface area contributed by atoms with Crippen LogP contribution in [-0.2, 0) is 23.4 Å². The van der Waals surface area contributed by atoms with Gasteiger partial charge in [0, 0.05) is 10.8 Å². The zero-order chi connectivity index (χ0) is 22.6. The number of epoxide rings is 1. The second kappa shape index (κ2) is 6.25. The molecule has 4 aliphatic carbocycles. The van der Waals surface area contributed by atoms with Crippen molar-refractivity contribution in [1.82, 2.24) is 0 Å². The average Bonchev–Trinajstić information content (AvgIpc) is 3.36. The molecule has 4 fully saturated rings.